The molecule has 2 saturated heterocycles. The molecule has 0 saturated carbocycles. The van der Waals surface area contributed by atoms with E-state index in [0.29, 0.717) is 36.7 Å². The Morgan fingerprint density at radius 3 is 2.80 bits per heavy atom. The monoisotopic (exact) mass is 365 g/mol. The standard InChI is InChI=1S/C18H24ClN3O3/c1-25-9-8-22-12-14(11-17(22)23)20-18(24)13-4-5-16(15(19)10-13)21-6-2-3-7-21/h4-5,10,14H,2-3,6-9,11-12H2,1H3,(H,20,24). The van der Waals surface area contributed by atoms with Crippen molar-refractivity contribution < 1.29 is 14.3 Å². The van der Waals surface area contributed by atoms with Crippen LogP contribution < -0.4 is 10.2 Å². The van der Waals surface area contributed by atoms with Crippen LogP contribution in [-0.4, -0.2) is 62.7 Å². The number of nitrogens with one attached hydrogen (secondary N) is 1. The van der Waals surface area contributed by atoms with E-state index >= 15 is 0 Å². The van der Waals surface area contributed by atoms with Gasteiger partial charge in [0.05, 0.1) is 23.4 Å². The molecule has 1 unspecified atom stereocenters. The smallest absolute Gasteiger partial charge is 0.251 e. The van der Waals surface area contributed by atoms with E-state index in [2.05, 4.69) is 10.2 Å². The number of carbonyl (C=O) groups excluding carboxylic acids is 2. The van der Waals surface area contributed by atoms with Crippen molar-refractivity contribution in [1.29, 1.82) is 0 Å². The molecule has 136 valence electrons. The molecule has 0 aliphatic carbocycles. The lowest BCUT2D eigenvalue weighted by Gasteiger charge is -2.20. The molecule has 2 fully saturated rings. The summed E-state index contributed by atoms with van der Waals surface area (Å²) in [4.78, 5) is 28.4. The summed E-state index contributed by atoms with van der Waals surface area (Å²) in [7, 11) is 1.61. The van der Waals surface area contributed by atoms with Gasteiger partial charge in [0.15, 0.2) is 0 Å². The van der Waals surface area contributed by atoms with Gasteiger partial charge >= 0.3 is 0 Å². The van der Waals surface area contributed by atoms with Crippen LogP contribution in [0.4, 0.5) is 5.69 Å². The van der Waals surface area contributed by atoms with Crippen LogP contribution in [0.3, 0.4) is 0 Å². The van der Waals surface area contributed by atoms with Crippen molar-refractivity contribution in [3.05, 3.63) is 28.8 Å². The average Bonchev–Trinajstić information content (AvgIpc) is 3.23. The summed E-state index contributed by atoms with van der Waals surface area (Å²) in [6.07, 6.45) is 2.68. The SMILES string of the molecule is COCCN1CC(NC(=O)c2ccc(N3CCCC3)c(Cl)c2)CC1=O. The molecule has 0 radical (unpaired) electrons. The van der Waals surface area contributed by atoms with Gasteiger partial charge in [-0.2, -0.15) is 0 Å². The molecule has 0 aromatic heterocycles. The Labute approximate surface area is 153 Å². The number of halogens is 1. The molecule has 2 amide bonds. The quantitative estimate of drug-likeness (QED) is 0.836. The Kier molecular flexibility index (Phi) is 5.81. The van der Waals surface area contributed by atoms with Gasteiger partial charge in [-0.05, 0) is 31.0 Å². The third-order valence-corrected chi connectivity index (χ3v) is 5.07. The number of hydrogen-bond donors (Lipinski definition) is 1. The van der Waals surface area contributed by atoms with E-state index in [-0.39, 0.29) is 17.9 Å². The van der Waals surface area contributed by atoms with Crippen molar-refractivity contribution in [3.63, 3.8) is 0 Å². The maximum absolute atomic E-state index is 12.5. The van der Waals surface area contributed by atoms with Crippen LogP contribution in [0.15, 0.2) is 18.2 Å². The van der Waals surface area contributed by atoms with E-state index in [1.165, 1.54) is 12.8 Å². The van der Waals surface area contributed by atoms with Crippen LogP contribution in [0.25, 0.3) is 0 Å². The van der Waals surface area contributed by atoms with E-state index in [0.717, 1.165) is 18.8 Å². The molecule has 2 heterocycles. The maximum atomic E-state index is 12.5. The third kappa shape index (κ3) is 4.25. The summed E-state index contributed by atoms with van der Waals surface area (Å²) >= 11 is 6.38. The van der Waals surface area contributed by atoms with Crippen LogP contribution in [-0.2, 0) is 9.53 Å². The van der Waals surface area contributed by atoms with E-state index in [1.807, 2.05) is 6.07 Å². The summed E-state index contributed by atoms with van der Waals surface area (Å²) in [5, 5.41) is 3.53. The highest BCUT2D eigenvalue weighted by Gasteiger charge is 2.30. The minimum absolute atomic E-state index is 0.0461. The minimum atomic E-state index is -0.193. The fourth-order valence-corrected chi connectivity index (χ4v) is 3.72. The molecule has 7 heteroatoms. The average molecular weight is 366 g/mol. The van der Waals surface area contributed by atoms with Crippen LogP contribution in [0, 0.1) is 0 Å². The van der Waals surface area contributed by atoms with Gasteiger partial charge in [-0.3, -0.25) is 9.59 Å². The molecule has 3 rings (SSSR count). The number of amides is 2. The lowest BCUT2D eigenvalue weighted by atomic mass is 10.1. The zero-order valence-electron chi connectivity index (χ0n) is 14.5. The molecule has 25 heavy (non-hydrogen) atoms. The lowest BCUT2D eigenvalue weighted by molar-refractivity contribution is -0.128. The van der Waals surface area contributed by atoms with Crippen LogP contribution >= 0.6 is 11.6 Å². The summed E-state index contributed by atoms with van der Waals surface area (Å²) < 4.78 is 5.00. The highest BCUT2D eigenvalue weighted by Crippen LogP contribution is 2.29. The van der Waals surface area contributed by atoms with Gasteiger partial charge < -0.3 is 19.9 Å². The molecule has 6 nitrogen and oxygen atoms in total. The Morgan fingerprint density at radius 1 is 1.36 bits per heavy atom. The normalized spacial score (nSPS) is 20.4. The topological polar surface area (TPSA) is 61.9 Å². The number of anilines is 1. The molecule has 2 aliphatic heterocycles. The maximum Gasteiger partial charge on any atom is 0.251 e. The van der Waals surface area contributed by atoms with Gasteiger partial charge in [-0.1, -0.05) is 11.6 Å². The number of methoxy groups -OCH3 is 1. The predicted octanol–water partition coefficient (Wildman–Crippen LogP) is 1.92. The third-order valence-electron chi connectivity index (χ3n) is 4.77. The molecule has 0 bridgehead atoms. The molecular weight excluding hydrogens is 342 g/mol. The predicted molar refractivity (Wildman–Crippen MR) is 97.2 cm³/mol. The van der Waals surface area contributed by atoms with Gasteiger partial charge in [-0.15, -0.1) is 0 Å². The van der Waals surface area contributed by atoms with Crippen LogP contribution in [0.1, 0.15) is 29.6 Å². The number of rotatable bonds is 6. The van der Waals surface area contributed by atoms with Gasteiger partial charge in [0.2, 0.25) is 5.91 Å². The number of ether oxygens (including phenoxy) is 1. The largest absolute Gasteiger partial charge is 0.383 e. The van der Waals surface area contributed by atoms with Crippen molar-refractivity contribution in [2.24, 2.45) is 0 Å². The lowest BCUT2D eigenvalue weighted by Crippen LogP contribution is -2.37. The molecule has 1 aromatic rings. The van der Waals surface area contributed by atoms with Gasteiger partial charge in [0.1, 0.15) is 0 Å². The number of hydrogen-bond acceptors (Lipinski definition) is 4. The molecule has 1 atom stereocenters. The van der Waals surface area contributed by atoms with Crippen molar-refractivity contribution in [1.82, 2.24) is 10.2 Å². The first-order valence-corrected chi connectivity index (χ1v) is 9.08. The van der Waals surface area contributed by atoms with E-state index in [9.17, 15) is 9.59 Å². The first kappa shape index (κ1) is 18.0. The van der Waals surface area contributed by atoms with Crippen LogP contribution in [0.5, 0.6) is 0 Å². The second kappa shape index (κ2) is 8.06. The second-order valence-electron chi connectivity index (χ2n) is 6.57. The zero-order valence-corrected chi connectivity index (χ0v) is 15.2. The molecule has 0 spiro atoms. The summed E-state index contributed by atoms with van der Waals surface area (Å²) in [6.45, 7) is 3.59. The number of carbonyl (C=O) groups is 2. The minimum Gasteiger partial charge on any atom is -0.383 e. The Balaban J connectivity index is 1.60. The first-order chi connectivity index (χ1) is 12.1. The summed E-state index contributed by atoms with van der Waals surface area (Å²) in [5.74, 6) is -0.147. The summed E-state index contributed by atoms with van der Waals surface area (Å²) in [5.41, 5.74) is 1.51. The van der Waals surface area contributed by atoms with Crippen molar-refractivity contribution in [2.45, 2.75) is 25.3 Å². The van der Waals surface area contributed by atoms with E-state index in [1.54, 1.807) is 24.1 Å². The summed E-state index contributed by atoms with van der Waals surface area (Å²) in [6, 6.07) is 5.25. The van der Waals surface area contributed by atoms with Crippen molar-refractivity contribution >= 4 is 29.1 Å². The van der Waals surface area contributed by atoms with Crippen LogP contribution in [0.2, 0.25) is 5.02 Å². The first-order valence-electron chi connectivity index (χ1n) is 8.70. The number of nitrogens with zero attached hydrogens (tertiary/aromatic N) is 2. The molecule has 1 N–H and O–H groups in total. The van der Waals surface area contributed by atoms with Gasteiger partial charge in [0, 0.05) is 45.3 Å². The molecule has 1 aromatic carbocycles. The Hall–Kier alpha value is -1.79. The van der Waals surface area contributed by atoms with E-state index < -0.39 is 0 Å². The Bertz CT molecular complexity index is 646. The second-order valence-corrected chi connectivity index (χ2v) is 6.97. The number of benzene rings is 1. The van der Waals surface area contributed by atoms with Crippen molar-refractivity contribution in [3.8, 4) is 0 Å². The van der Waals surface area contributed by atoms with E-state index in [4.69, 9.17) is 16.3 Å². The fourth-order valence-electron chi connectivity index (χ4n) is 3.42. The zero-order chi connectivity index (χ0) is 17.8. The number of likely N-dealkylation sites (tertiary alicyclic amines) is 1. The molecular formula is C18H24ClN3O3. The van der Waals surface area contributed by atoms with Gasteiger partial charge in [0.25, 0.3) is 5.91 Å². The van der Waals surface area contributed by atoms with Crippen molar-refractivity contribution in [2.75, 3.05) is 44.8 Å². The highest BCUT2D eigenvalue weighted by atomic mass is 35.5. The molecule has 2 aliphatic rings. The van der Waals surface area contributed by atoms with Gasteiger partial charge in [-0.25, -0.2) is 0 Å². The highest BCUT2D eigenvalue weighted by molar-refractivity contribution is 6.33. The fraction of sp³-hybridized carbons (Fsp3) is 0.556. The Morgan fingerprint density at radius 2 is 2.12 bits per heavy atom.